The van der Waals surface area contributed by atoms with Crippen LogP contribution in [0.4, 0.5) is 8.78 Å². The second kappa shape index (κ2) is 9.60. The highest BCUT2D eigenvalue weighted by Crippen LogP contribution is 2.49. The fourth-order valence-electron chi connectivity index (χ4n) is 4.98. The molecule has 0 amide bonds. The van der Waals surface area contributed by atoms with Crippen molar-refractivity contribution in [1.29, 1.82) is 0 Å². The van der Waals surface area contributed by atoms with E-state index in [4.69, 9.17) is 9.16 Å². The van der Waals surface area contributed by atoms with E-state index in [0.717, 1.165) is 28.7 Å². The fourth-order valence-corrected chi connectivity index (χ4v) is 9.58. The third-order valence-corrected chi connectivity index (χ3v) is 11.9. The number of ether oxygens (including phenoxy) is 1. The lowest BCUT2D eigenvalue weighted by Gasteiger charge is -2.45. The van der Waals surface area contributed by atoms with Crippen LogP contribution in [0.25, 0.3) is 0 Å². The minimum atomic E-state index is -3.90. The Morgan fingerprint density at radius 3 is 2.08 bits per heavy atom. The number of alkyl halides is 2. The number of aromatic nitrogens is 2. The Hall–Kier alpha value is -3.18. The number of nitrogens with one attached hydrogen (secondary N) is 1. The van der Waals surface area contributed by atoms with Crippen LogP contribution in [0.5, 0.6) is 0 Å². The van der Waals surface area contributed by atoms with E-state index in [-0.39, 0.29) is 0 Å². The lowest BCUT2D eigenvalue weighted by molar-refractivity contribution is -0.142. The van der Waals surface area contributed by atoms with E-state index in [1.54, 1.807) is 0 Å². The lowest BCUT2D eigenvalue weighted by Crippen LogP contribution is -2.68. The molecule has 2 N–H and O–H groups in total. The Bertz CT molecular complexity index is 1330. The van der Waals surface area contributed by atoms with Crippen LogP contribution in [0.15, 0.2) is 95.2 Å². The molecule has 3 atom stereocenters. The Labute approximate surface area is 214 Å². The molecule has 1 fully saturated rings. The maximum absolute atomic E-state index is 15.4. The summed E-state index contributed by atoms with van der Waals surface area (Å²) in [4.78, 5) is 25.7. The van der Waals surface area contributed by atoms with Crippen molar-refractivity contribution in [2.24, 2.45) is 0 Å². The molecule has 3 aromatic rings. The second-order valence-electron chi connectivity index (χ2n) is 10.2. The van der Waals surface area contributed by atoms with Gasteiger partial charge in [-0.1, -0.05) is 87.5 Å². The highest BCUT2D eigenvalue weighted by atomic mass is 28.4. The van der Waals surface area contributed by atoms with E-state index in [9.17, 15) is 14.7 Å². The molecule has 2 heterocycles. The number of benzene rings is 2. The third-order valence-electron chi connectivity index (χ3n) is 6.87. The Balaban J connectivity index is 1.81. The van der Waals surface area contributed by atoms with Gasteiger partial charge in [-0.15, -0.1) is 6.58 Å². The number of hydrogen-bond acceptors (Lipinski definition) is 5. The maximum atomic E-state index is 15.4. The Morgan fingerprint density at radius 2 is 1.62 bits per heavy atom. The predicted molar refractivity (Wildman–Crippen MR) is 139 cm³/mol. The lowest BCUT2D eigenvalue weighted by atomic mass is 9.95. The summed E-state index contributed by atoms with van der Waals surface area (Å²) < 4.78 is 43.9. The van der Waals surface area contributed by atoms with Crippen LogP contribution < -0.4 is 21.6 Å². The van der Waals surface area contributed by atoms with Crippen LogP contribution >= 0.6 is 0 Å². The molecule has 1 aliphatic rings. The molecule has 0 aliphatic carbocycles. The van der Waals surface area contributed by atoms with Crippen molar-refractivity contribution in [2.45, 2.75) is 49.7 Å². The number of nitrogens with zero attached hydrogens (tertiary/aromatic N) is 1. The van der Waals surface area contributed by atoms with Gasteiger partial charge >= 0.3 is 11.6 Å². The summed E-state index contributed by atoms with van der Waals surface area (Å²) in [6.07, 6.45) is -2.55. The van der Waals surface area contributed by atoms with E-state index in [1.807, 2.05) is 86.4 Å². The van der Waals surface area contributed by atoms with Crippen molar-refractivity contribution >= 4 is 18.7 Å². The van der Waals surface area contributed by atoms with Gasteiger partial charge in [0, 0.05) is 12.3 Å². The van der Waals surface area contributed by atoms with Crippen molar-refractivity contribution in [3.63, 3.8) is 0 Å². The van der Waals surface area contributed by atoms with Crippen molar-refractivity contribution in [3.05, 3.63) is 106 Å². The minimum Gasteiger partial charge on any atom is -0.404 e. The zero-order valence-electron chi connectivity index (χ0n) is 20.9. The number of aliphatic hydroxyl groups is 1. The summed E-state index contributed by atoms with van der Waals surface area (Å²) >= 11 is 0. The fraction of sp³-hybridized carbons (Fsp3) is 0.333. The van der Waals surface area contributed by atoms with Crippen LogP contribution in [0.3, 0.4) is 0 Å². The minimum absolute atomic E-state index is 0.449. The van der Waals surface area contributed by atoms with Crippen molar-refractivity contribution < 1.29 is 23.1 Å². The van der Waals surface area contributed by atoms with Gasteiger partial charge in [-0.3, -0.25) is 14.3 Å². The van der Waals surface area contributed by atoms with E-state index in [0.29, 0.717) is 4.57 Å². The molecule has 7 nitrogen and oxygen atoms in total. The molecular formula is C27H30F2N2O5Si. The maximum Gasteiger partial charge on any atom is 0.330 e. The summed E-state index contributed by atoms with van der Waals surface area (Å²) in [6.45, 7) is 9.32. The molecule has 1 saturated heterocycles. The van der Waals surface area contributed by atoms with Crippen LogP contribution in [-0.4, -0.2) is 47.2 Å². The standard InChI is InChI=1S/C27H30F2N2O5Si/c1-5-26(22(33)27(28,29)23(36-26)31-17-16-21(32)30-24(31)34)18-35-37(25(2,3)4,19-12-8-6-9-13-19)20-14-10-7-11-15-20/h5-17,22-23,33H,1,18H2,2-4H3,(H,30,32,34)/t22-,23-,26-/m1/s1. The van der Waals surface area contributed by atoms with Gasteiger partial charge in [0.1, 0.15) is 5.60 Å². The van der Waals surface area contributed by atoms with Gasteiger partial charge < -0.3 is 14.3 Å². The summed E-state index contributed by atoms with van der Waals surface area (Å²) in [7, 11) is -3.18. The first-order chi connectivity index (χ1) is 17.4. The molecule has 10 heteroatoms. The first kappa shape index (κ1) is 26.9. The predicted octanol–water partition coefficient (Wildman–Crippen LogP) is 2.56. The molecule has 0 saturated carbocycles. The average molecular weight is 529 g/mol. The molecule has 4 rings (SSSR count). The Morgan fingerprint density at radius 1 is 1.08 bits per heavy atom. The number of aliphatic hydroxyl groups excluding tert-OH is 1. The monoisotopic (exact) mass is 528 g/mol. The van der Waals surface area contributed by atoms with Crippen molar-refractivity contribution in [1.82, 2.24) is 9.55 Å². The van der Waals surface area contributed by atoms with Crippen molar-refractivity contribution in [3.8, 4) is 0 Å². The molecule has 196 valence electrons. The first-order valence-corrected chi connectivity index (χ1v) is 13.7. The number of aromatic amines is 1. The van der Waals surface area contributed by atoms with Crippen LogP contribution in [-0.2, 0) is 9.16 Å². The second-order valence-corrected chi connectivity index (χ2v) is 14.5. The van der Waals surface area contributed by atoms with Gasteiger partial charge in [-0.25, -0.2) is 4.79 Å². The quantitative estimate of drug-likeness (QED) is 0.363. The molecule has 0 spiro atoms. The molecule has 37 heavy (non-hydrogen) atoms. The zero-order valence-corrected chi connectivity index (χ0v) is 21.9. The SMILES string of the molecule is C=C[C@]1(CO[Si](c2ccccc2)(c2ccccc2)C(C)(C)C)O[C@@H](n2ccc(=O)[nH]c2=O)C(F)(F)[C@@H]1O. The van der Waals surface area contributed by atoms with Gasteiger partial charge in [-0.05, 0) is 15.4 Å². The van der Waals surface area contributed by atoms with Gasteiger partial charge in [0.2, 0.25) is 6.23 Å². The zero-order chi connectivity index (χ0) is 27.1. The summed E-state index contributed by atoms with van der Waals surface area (Å²) in [5, 5.41) is 12.3. The number of H-pyrrole nitrogens is 1. The summed E-state index contributed by atoms with van der Waals surface area (Å²) in [6, 6.07) is 20.1. The number of rotatable bonds is 7. The summed E-state index contributed by atoms with van der Waals surface area (Å²) in [5.74, 6) is -3.90. The molecule has 1 aliphatic heterocycles. The molecule has 1 aromatic heterocycles. The van der Waals surface area contributed by atoms with Gasteiger partial charge in [0.25, 0.3) is 13.9 Å². The van der Waals surface area contributed by atoms with E-state index in [1.165, 1.54) is 0 Å². The molecule has 2 aromatic carbocycles. The van der Waals surface area contributed by atoms with E-state index < -0.39 is 55.1 Å². The Kier molecular flexibility index (Phi) is 6.97. The molecule has 0 unspecified atom stereocenters. The highest BCUT2D eigenvalue weighted by molar-refractivity contribution is 6.99. The van der Waals surface area contributed by atoms with Gasteiger partial charge in [-0.2, -0.15) is 8.78 Å². The first-order valence-electron chi connectivity index (χ1n) is 11.8. The number of hydrogen-bond donors (Lipinski definition) is 2. The number of halogens is 2. The van der Waals surface area contributed by atoms with Crippen LogP contribution in [0.1, 0.15) is 27.0 Å². The van der Waals surface area contributed by atoms with Gasteiger partial charge in [0.15, 0.2) is 6.10 Å². The highest BCUT2D eigenvalue weighted by Gasteiger charge is 2.67. The van der Waals surface area contributed by atoms with E-state index in [2.05, 4.69) is 6.58 Å². The normalized spacial score (nSPS) is 23.6. The third kappa shape index (κ3) is 4.44. The van der Waals surface area contributed by atoms with Crippen LogP contribution in [0, 0.1) is 0 Å². The van der Waals surface area contributed by atoms with Crippen molar-refractivity contribution in [2.75, 3.05) is 6.61 Å². The molecule has 0 radical (unpaired) electrons. The van der Waals surface area contributed by atoms with Gasteiger partial charge in [0.05, 0.1) is 6.61 Å². The molecular weight excluding hydrogens is 498 g/mol. The summed E-state index contributed by atoms with van der Waals surface area (Å²) in [5.41, 5.74) is -3.87. The van der Waals surface area contributed by atoms with Crippen LogP contribution in [0.2, 0.25) is 5.04 Å². The van der Waals surface area contributed by atoms with E-state index >= 15 is 8.78 Å². The topological polar surface area (TPSA) is 93.5 Å². The smallest absolute Gasteiger partial charge is 0.330 e. The largest absolute Gasteiger partial charge is 0.404 e. The molecule has 0 bridgehead atoms. The average Bonchev–Trinajstić information content (AvgIpc) is 3.06.